The quantitative estimate of drug-likeness (QED) is 0.106. The molecular weight excluding hydrogens is 582 g/mol. The first-order chi connectivity index (χ1) is 22.4. The summed E-state index contributed by atoms with van der Waals surface area (Å²) in [5.41, 5.74) is -1.30. The van der Waals surface area contributed by atoms with Crippen LogP contribution in [0.25, 0.3) is 0 Å². The van der Waals surface area contributed by atoms with Gasteiger partial charge in [0.1, 0.15) is 11.6 Å². The molecule has 0 aliphatic carbocycles. The molecule has 46 heavy (non-hydrogen) atoms. The fraction of sp³-hybridized carbons (Fsp3) is 0.865. The van der Waals surface area contributed by atoms with Gasteiger partial charge >= 0.3 is 11.9 Å². The summed E-state index contributed by atoms with van der Waals surface area (Å²) in [6.07, 6.45) is 26.4. The van der Waals surface area contributed by atoms with Crippen LogP contribution >= 0.6 is 0 Å². The number of carbonyl (C=O) groups is 2. The first kappa shape index (κ1) is 35.2. The highest BCUT2D eigenvalue weighted by Crippen LogP contribution is 2.50. The van der Waals surface area contributed by atoms with E-state index in [1.165, 1.54) is 52.1 Å². The zero-order valence-electron chi connectivity index (χ0n) is 28.9. The number of unbranched alkanes of at least 4 members (excludes halogenated alkanes) is 10. The Morgan fingerprint density at radius 1 is 0.978 bits per heavy atom. The van der Waals surface area contributed by atoms with Crippen LogP contribution in [0.3, 0.4) is 0 Å². The number of rotatable bonds is 16. The third kappa shape index (κ3) is 8.66. The van der Waals surface area contributed by atoms with Crippen molar-refractivity contribution in [3.63, 3.8) is 0 Å². The minimum Gasteiger partial charge on any atom is -0.469 e. The summed E-state index contributed by atoms with van der Waals surface area (Å²) in [7, 11) is 1.45. The molecule has 9 heteroatoms. The fourth-order valence-corrected chi connectivity index (χ4v) is 8.61. The lowest BCUT2D eigenvalue weighted by molar-refractivity contribution is -0.194. The Hall–Kier alpha value is -2.13. The maximum atomic E-state index is 13.9. The molecule has 0 bridgehead atoms. The second kappa shape index (κ2) is 16.8. The van der Waals surface area contributed by atoms with Crippen molar-refractivity contribution in [3.05, 3.63) is 12.2 Å². The molecule has 260 valence electrons. The van der Waals surface area contributed by atoms with Crippen molar-refractivity contribution in [1.82, 2.24) is 10.2 Å². The van der Waals surface area contributed by atoms with Gasteiger partial charge in [-0.05, 0) is 71.1 Å². The number of ether oxygens (including phenoxy) is 4. The van der Waals surface area contributed by atoms with E-state index in [-0.39, 0.29) is 30.2 Å². The van der Waals surface area contributed by atoms with Gasteiger partial charge in [0, 0.05) is 18.9 Å². The van der Waals surface area contributed by atoms with Gasteiger partial charge in [-0.15, -0.1) is 0 Å². The third-order valence-electron chi connectivity index (χ3n) is 11.0. The summed E-state index contributed by atoms with van der Waals surface area (Å²) in [6, 6.07) is 0.347. The van der Waals surface area contributed by atoms with E-state index in [0.29, 0.717) is 19.1 Å². The molecule has 0 saturated carbocycles. The molecule has 5 aliphatic rings. The van der Waals surface area contributed by atoms with Gasteiger partial charge in [0.25, 0.3) is 0 Å². The Labute approximate surface area is 277 Å². The topological polar surface area (TPSA) is 98.7 Å². The molecule has 0 amide bonds. The number of methoxy groups -OCH3 is 1. The van der Waals surface area contributed by atoms with Gasteiger partial charge in [0.05, 0.1) is 32.0 Å². The number of hydrogen-bond acceptors (Lipinski definition) is 9. The van der Waals surface area contributed by atoms with Gasteiger partial charge in [-0.2, -0.15) is 0 Å². The van der Waals surface area contributed by atoms with Crippen LogP contribution in [0.5, 0.6) is 0 Å². The summed E-state index contributed by atoms with van der Waals surface area (Å²) >= 11 is 0. The molecule has 2 spiro atoms. The number of esters is 2. The third-order valence-corrected chi connectivity index (χ3v) is 11.0. The zero-order valence-corrected chi connectivity index (χ0v) is 28.9. The SMILES string of the molecule is CC[C@H]1C=CCC[C@@]2(C[C@@H]3CC[C@@H]4C(C(=O)OCCCCCCCCCCCCCC(=O)OC)[C@]5(CCC[C@@H](C)O5)N=C(N2)N34)O1. The van der Waals surface area contributed by atoms with E-state index in [4.69, 9.17) is 23.9 Å². The van der Waals surface area contributed by atoms with Gasteiger partial charge in [-0.1, -0.05) is 76.9 Å². The summed E-state index contributed by atoms with van der Waals surface area (Å²) < 4.78 is 24.2. The summed E-state index contributed by atoms with van der Waals surface area (Å²) in [5.74, 6) is 0.236. The molecule has 0 aromatic carbocycles. The molecule has 0 aromatic heterocycles. The average molecular weight is 644 g/mol. The van der Waals surface area contributed by atoms with Crippen LogP contribution in [0.15, 0.2) is 17.1 Å². The van der Waals surface area contributed by atoms with Crippen LogP contribution in [-0.2, 0) is 28.5 Å². The summed E-state index contributed by atoms with van der Waals surface area (Å²) in [6.45, 7) is 4.76. The van der Waals surface area contributed by atoms with Crippen LogP contribution in [0.4, 0.5) is 0 Å². The van der Waals surface area contributed by atoms with Crippen molar-refractivity contribution in [3.8, 4) is 0 Å². The molecule has 5 aliphatic heterocycles. The Bertz CT molecular complexity index is 1070. The van der Waals surface area contributed by atoms with Gasteiger partial charge < -0.3 is 29.2 Å². The largest absolute Gasteiger partial charge is 0.469 e. The smallest absolute Gasteiger partial charge is 0.316 e. The standard InChI is InChI=1S/C37H61N3O6/c1-4-30-20-15-16-24-36(46-30)27-29-22-23-31-33(37(25-18-19-28(2)45-37)39-35(38-36)40(29)31)34(42)44-26-17-13-11-9-7-5-6-8-10-12-14-21-32(41)43-3/h15,20,28-31,33H,4-14,16-19,21-27H2,1-3H3,(H,38,39)/t28-,29+,30+,31-,33?,36+,37-/m1/s1. The highest BCUT2D eigenvalue weighted by Gasteiger charge is 2.62. The van der Waals surface area contributed by atoms with E-state index in [9.17, 15) is 9.59 Å². The molecule has 3 fully saturated rings. The molecule has 7 atom stereocenters. The van der Waals surface area contributed by atoms with Gasteiger partial charge in [-0.25, -0.2) is 4.99 Å². The molecule has 5 rings (SSSR count). The van der Waals surface area contributed by atoms with Crippen molar-refractivity contribution >= 4 is 17.9 Å². The van der Waals surface area contributed by atoms with Gasteiger partial charge in [-0.3, -0.25) is 9.59 Å². The second-order valence-corrected chi connectivity index (χ2v) is 14.5. The Morgan fingerprint density at radius 3 is 2.39 bits per heavy atom. The molecule has 3 saturated heterocycles. The number of nitrogens with zero attached hydrogens (tertiary/aromatic N) is 2. The Kier molecular flexibility index (Phi) is 12.9. The number of hydrogen-bond donors (Lipinski definition) is 1. The Balaban J connectivity index is 1.09. The number of guanidine groups is 1. The molecule has 1 unspecified atom stereocenters. The number of nitrogens with one attached hydrogen (secondary N) is 1. The van der Waals surface area contributed by atoms with Gasteiger partial charge in [0.15, 0.2) is 11.7 Å². The van der Waals surface area contributed by atoms with E-state index in [1.54, 1.807) is 0 Å². The molecular formula is C37H61N3O6. The van der Waals surface area contributed by atoms with E-state index in [2.05, 4.69) is 36.2 Å². The first-order valence-corrected chi connectivity index (χ1v) is 18.8. The maximum absolute atomic E-state index is 13.9. The van der Waals surface area contributed by atoms with Crippen LogP contribution in [0.2, 0.25) is 0 Å². The number of aliphatic imine (C=N–C) groups is 1. The minimum atomic E-state index is -0.875. The highest BCUT2D eigenvalue weighted by atomic mass is 16.6. The van der Waals surface area contributed by atoms with Crippen molar-refractivity contribution in [2.24, 2.45) is 10.9 Å². The van der Waals surface area contributed by atoms with Crippen LogP contribution in [0.1, 0.15) is 149 Å². The van der Waals surface area contributed by atoms with E-state index < -0.39 is 17.4 Å². The van der Waals surface area contributed by atoms with E-state index in [0.717, 1.165) is 89.4 Å². The van der Waals surface area contributed by atoms with Crippen LogP contribution < -0.4 is 5.32 Å². The van der Waals surface area contributed by atoms with Crippen LogP contribution in [0, 0.1) is 5.92 Å². The van der Waals surface area contributed by atoms with E-state index in [1.807, 2.05) is 0 Å². The van der Waals surface area contributed by atoms with Crippen molar-refractivity contribution in [2.75, 3.05) is 13.7 Å². The van der Waals surface area contributed by atoms with Gasteiger partial charge in [0.2, 0.25) is 0 Å². The van der Waals surface area contributed by atoms with Crippen molar-refractivity contribution in [1.29, 1.82) is 0 Å². The lowest BCUT2D eigenvalue weighted by Gasteiger charge is -2.55. The summed E-state index contributed by atoms with van der Waals surface area (Å²) in [5, 5.41) is 3.79. The lowest BCUT2D eigenvalue weighted by Crippen LogP contribution is -2.71. The molecule has 0 aromatic rings. The van der Waals surface area contributed by atoms with Crippen molar-refractivity contribution in [2.45, 2.75) is 184 Å². The monoisotopic (exact) mass is 643 g/mol. The van der Waals surface area contributed by atoms with Crippen molar-refractivity contribution < 1.29 is 28.5 Å². The number of allylic oxidation sites excluding steroid dienone is 1. The highest BCUT2D eigenvalue weighted by molar-refractivity contribution is 5.87. The molecule has 5 heterocycles. The number of carbonyl (C=O) groups excluding carboxylic acids is 2. The predicted molar refractivity (Wildman–Crippen MR) is 179 cm³/mol. The lowest BCUT2D eigenvalue weighted by atomic mass is 9.80. The predicted octanol–water partition coefficient (Wildman–Crippen LogP) is 7.32. The molecule has 0 radical (unpaired) electrons. The van der Waals surface area contributed by atoms with E-state index >= 15 is 0 Å². The average Bonchev–Trinajstić information content (AvgIpc) is 3.34. The molecule has 9 nitrogen and oxygen atoms in total. The summed E-state index contributed by atoms with van der Waals surface area (Å²) in [4.78, 5) is 32.8. The fourth-order valence-electron chi connectivity index (χ4n) is 8.61. The van der Waals surface area contributed by atoms with Crippen LogP contribution in [-0.4, -0.2) is 72.3 Å². The molecule has 1 N–H and O–H groups in total. The first-order valence-electron chi connectivity index (χ1n) is 18.8. The second-order valence-electron chi connectivity index (χ2n) is 14.5. The Morgan fingerprint density at radius 2 is 1.70 bits per heavy atom. The zero-order chi connectivity index (χ0) is 32.4. The minimum absolute atomic E-state index is 0.0406. The maximum Gasteiger partial charge on any atom is 0.316 e. The normalized spacial score (nSPS) is 33.3.